The van der Waals surface area contributed by atoms with Crippen LogP contribution in [-0.4, -0.2) is 6.88 Å². The molecule has 0 fully saturated rings. The van der Waals surface area contributed by atoms with Gasteiger partial charge >= 0.3 is 159 Å². The summed E-state index contributed by atoms with van der Waals surface area (Å²) in [5.41, 5.74) is 9.27. The summed E-state index contributed by atoms with van der Waals surface area (Å²) < 4.78 is 9.06. The minimum Gasteiger partial charge on any atom is -0.147 e. The molecule has 1 aromatic rings. The molecule has 0 N–H and O–H groups in total. The second kappa shape index (κ2) is 7.79. The molecule has 26 heavy (non-hydrogen) atoms. The van der Waals surface area contributed by atoms with Crippen LogP contribution in [0.15, 0.2) is 48.2 Å². The number of benzene rings is 1. The van der Waals surface area contributed by atoms with E-state index in [4.69, 9.17) is 0 Å². The molecule has 1 aromatic carbocycles. The summed E-state index contributed by atoms with van der Waals surface area (Å²) in [6.45, 7) is 14.2. The van der Waals surface area contributed by atoms with Crippen molar-refractivity contribution in [3.05, 3.63) is 59.4 Å². The van der Waals surface area contributed by atoms with E-state index in [2.05, 4.69) is 91.0 Å². The molecule has 2 aliphatic rings. The number of halogens is 3. The third-order valence-electron chi connectivity index (χ3n) is 6.68. The van der Waals surface area contributed by atoms with Crippen LogP contribution in [0.25, 0.3) is 6.08 Å². The Morgan fingerprint density at radius 3 is 2.08 bits per heavy atom. The van der Waals surface area contributed by atoms with E-state index in [1.165, 1.54) is 10.0 Å². The van der Waals surface area contributed by atoms with Crippen LogP contribution in [0.4, 0.5) is 0 Å². The number of hydrogen-bond donors (Lipinski definition) is 0. The van der Waals surface area contributed by atoms with Gasteiger partial charge in [-0.2, -0.15) is 0 Å². The maximum Gasteiger partial charge on any atom is -0.147 e. The minimum atomic E-state index is -3.18. The number of allylic oxidation sites excluding steroid dienone is 5. The molecule has 2 unspecified atom stereocenters. The zero-order valence-electron chi connectivity index (χ0n) is 16.9. The van der Waals surface area contributed by atoms with Crippen molar-refractivity contribution in [1.29, 1.82) is 0 Å². The summed E-state index contributed by atoms with van der Waals surface area (Å²) in [5, 5.41) is 0. The average molecular weight is 554 g/mol. The van der Waals surface area contributed by atoms with Crippen LogP contribution in [0.3, 0.4) is 0 Å². The Hall–Kier alpha value is 0.600. The Kier molecular flexibility index (Phi) is 7.38. The molecule has 0 radical (unpaired) electrons. The SMILES string of the molecule is CC1=Cc2c(Br)cccc2[CH]1[Zr]([CH3])([CH3])(=[SiH2])[C]1=C(C)C(C)=C(C)C1C.Cl.Cl. The fourth-order valence-corrected chi connectivity index (χ4v) is 27.8. The first-order valence-corrected chi connectivity index (χ1v) is 23.2. The normalized spacial score (nSPS) is 22.7. The van der Waals surface area contributed by atoms with Gasteiger partial charge in [0.15, 0.2) is 0 Å². The van der Waals surface area contributed by atoms with Gasteiger partial charge in [-0.25, -0.2) is 0 Å². The van der Waals surface area contributed by atoms with E-state index < -0.39 is 17.4 Å². The molecule has 0 saturated carbocycles. The van der Waals surface area contributed by atoms with Crippen LogP contribution in [-0.2, 0) is 17.4 Å². The van der Waals surface area contributed by atoms with Crippen molar-refractivity contribution in [2.24, 2.45) is 5.92 Å². The van der Waals surface area contributed by atoms with Crippen molar-refractivity contribution in [1.82, 2.24) is 0 Å². The predicted molar refractivity (Wildman–Crippen MR) is 126 cm³/mol. The third kappa shape index (κ3) is 3.50. The second-order valence-electron chi connectivity index (χ2n) is 8.94. The maximum absolute atomic E-state index is 3.77. The van der Waals surface area contributed by atoms with Crippen molar-refractivity contribution in [3.8, 4) is 0 Å². The van der Waals surface area contributed by atoms with E-state index in [9.17, 15) is 0 Å². The van der Waals surface area contributed by atoms with E-state index in [1.807, 2.05) is 3.28 Å². The zero-order valence-corrected chi connectivity index (χ0v) is 24.0. The number of fused-ring (bicyclic) bond motifs is 1. The van der Waals surface area contributed by atoms with Gasteiger partial charge in [-0.1, -0.05) is 0 Å². The molecule has 0 spiro atoms. The van der Waals surface area contributed by atoms with Crippen LogP contribution < -0.4 is 0 Å². The standard InChI is InChI=1S/C10H8Br.C9H13.2CH3.2ClH.H2Si.Zr/c1-7-5-8-3-2-4-10(11)9(8)6-7;1-6-5-7(2)9(4)8(6)3;;;;;;/h2-6H,1H3;6H,1-4H3;2*1H3;2*1H;1H2;. The summed E-state index contributed by atoms with van der Waals surface area (Å²) in [7, 11) is 0. The van der Waals surface area contributed by atoms with Gasteiger partial charge in [-0.15, -0.1) is 24.8 Å². The van der Waals surface area contributed by atoms with Crippen molar-refractivity contribution >= 4 is 53.7 Å². The Morgan fingerprint density at radius 2 is 1.58 bits per heavy atom. The zero-order chi connectivity index (χ0) is 18.0. The van der Waals surface area contributed by atoms with Gasteiger partial charge in [0.2, 0.25) is 0 Å². The molecular weight excluding hydrogens is 522 g/mol. The van der Waals surface area contributed by atoms with Gasteiger partial charge in [-0.3, -0.25) is 0 Å². The second-order valence-corrected chi connectivity index (χ2v) is 39.2. The Bertz CT molecular complexity index is 918. The average Bonchev–Trinajstić information content (AvgIpc) is 2.91. The van der Waals surface area contributed by atoms with Crippen LogP contribution in [0.5, 0.6) is 0 Å². The van der Waals surface area contributed by atoms with Crippen LogP contribution >= 0.6 is 40.7 Å². The van der Waals surface area contributed by atoms with E-state index in [0.717, 1.165) is 0 Å². The molecule has 0 saturated heterocycles. The molecular formula is C21H31BrCl2SiZr. The molecule has 0 aromatic heterocycles. The molecule has 2 atom stereocenters. The summed E-state index contributed by atoms with van der Waals surface area (Å²) >= 11 is 0.590. The predicted octanol–water partition coefficient (Wildman–Crippen LogP) is 7.34. The Labute approximate surface area is 182 Å². The summed E-state index contributed by atoms with van der Waals surface area (Å²) in [6.07, 6.45) is 2.43. The molecule has 0 nitrogen and oxygen atoms in total. The van der Waals surface area contributed by atoms with E-state index in [0.29, 0.717) is 9.54 Å². The van der Waals surface area contributed by atoms with Crippen molar-refractivity contribution in [2.45, 2.75) is 47.5 Å². The summed E-state index contributed by atoms with van der Waals surface area (Å²) in [5.74, 6) is 0.618. The molecule has 0 amide bonds. The third-order valence-corrected chi connectivity index (χ3v) is 24.8. The Balaban J connectivity index is 0.00000169. The summed E-state index contributed by atoms with van der Waals surface area (Å²) in [4.78, 5) is 0. The first-order chi connectivity index (χ1) is 11.0. The first-order valence-electron chi connectivity index (χ1n) is 8.88. The molecule has 144 valence electrons. The van der Waals surface area contributed by atoms with Gasteiger partial charge in [0.1, 0.15) is 0 Å². The molecule has 5 heteroatoms. The molecule has 3 rings (SSSR count). The van der Waals surface area contributed by atoms with Crippen LogP contribution in [0, 0.1) is 5.92 Å². The van der Waals surface area contributed by atoms with E-state index in [-0.39, 0.29) is 24.8 Å². The van der Waals surface area contributed by atoms with Crippen LogP contribution in [0.2, 0.25) is 9.26 Å². The largest absolute Gasteiger partial charge is 0.147 e. The fraction of sp³-hybridized carbons (Fsp3) is 0.429. The van der Waals surface area contributed by atoms with Gasteiger partial charge in [0.25, 0.3) is 0 Å². The van der Waals surface area contributed by atoms with Gasteiger partial charge in [-0.05, 0) is 0 Å². The first kappa shape index (κ1) is 24.6. The topological polar surface area (TPSA) is 0 Å². The van der Waals surface area contributed by atoms with Gasteiger partial charge in [0, 0.05) is 0 Å². The molecule has 2 aliphatic carbocycles. The van der Waals surface area contributed by atoms with Crippen LogP contribution in [0.1, 0.15) is 49.4 Å². The monoisotopic (exact) mass is 550 g/mol. The number of hydrogen-bond acceptors (Lipinski definition) is 0. The quantitative estimate of drug-likeness (QED) is 0.336. The summed E-state index contributed by atoms with van der Waals surface area (Å²) in [6, 6.07) is 6.76. The van der Waals surface area contributed by atoms with E-state index in [1.54, 1.807) is 27.9 Å². The van der Waals surface area contributed by atoms with Gasteiger partial charge in [0.05, 0.1) is 0 Å². The van der Waals surface area contributed by atoms with Gasteiger partial charge < -0.3 is 0 Å². The number of rotatable bonds is 2. The van der Waals surface area contributed by atoms with Crippen molar-refractivity contribution in [3.63, 3.8) is 0 Å². The smallest absolute Gasteiger partial charge is 0.147 e. The Morgan fingerprint density at radius 1 is 1.00 bits per heavy atom. The van der Waals surface area contributed by atoms with E-state index >= 15 is 0 Å². The molecule has 0 bridgehead atoms. The van der Waals surface area contributed by atoms with Crippen molar-refractivity contribution in [2.75, 3.05) is 0 Å². The maximum atomic E-state index is 3.77. The fourth-order valence-electron chi connectivity index (χ4n) is 5.59. The minimum absolute atomic E-state index is 0. The van der Waals surface area contributed by atoms with Crippen molar-refractivity contribution < 1.29 is 17.4 Å². The molecule has 0 heterocycles. The molecule has 0 aliphatic heterocycles.